The molecule has 3 heterocycles. The number of hydrogen-bond donors (Lipinski definition) is 0. The maximum Gasteiger partial charge on any atom is 0.0522 e. The molecule has 5 aromatic rings. The van der Waals surface area contributed by atoms with E-state index in [2.05, 4.69) is 68.0 Å². The summed E-state index contributed by atoms with van der Waals surface area (Å²) in [5, 5.41) is 0. The number of hydrogen-bond acceptors (Lipinski definition) is 3. The molecule has 3 aromatic heterocycles. The molecule has 0 saturated carbocycles. The summed E-state index contributed by atoms with van der Waals surface area (Å²) in [6, 6.07) is 35.0. The van der Waals surface area contributed by atoms with E-state index < -0.39 is 0 Å². The summed E-state index contributed by atoms with van der Waals surface area (Å²) >= 11 is 0. The summed E-state index contributed by atoms with van der Waals surface area (Å²) in [5.41, 5.74) is 9.95. The quantitative estimate of drug-likeness (QED) is 0.178. The van der Waals surface area contributed by atoms with E-state index in [1.807, 2.05) is 86.0 Å². The molecule has 1 aliphatic carbocycles. The van der Waals surface area contributed by atoms with Crippen LogP contribution in [0.1, 0.15) is 44.6 Å². The Morgan fingerprint density at radius 3 is 2.13 bits per heavy atom. The molecule has 2 aromatic carbocycles. The van der Waals surface area contributed by atoms with Crippen LogP contribution in [0.15, 0.2) is 97.3 Å². The van der Waals surface area contributed by atoms with Crippen LogP contribution in [0.5, 0.6) is 0 Å². The molecular weight excluding hydrogens is 643 g/mol. The molecule has 6 rings (SSSR count). The van der Waals surface area contributed by atoms with E-state index in [1.165, 1.54) is 22.4 Å². The number of rotatable bonds is 2. The summed E-state index contributed by atoms with van der Waals surface area (Å²) in [7, 11) is 0. The van der Waals surface area contributed by atoms with Crippen molar-refractivity contribution < 1.29 is 20.1 Å². The molecule has 3 nitrogen and oxygen atoms in total. The fourth-order valence-corrected chi connectivity index (χ4v) is 4.90. The third-order valence-electron chi connectivity index (χ3n) is 7.69. The van der Waals surface area contributed by atoms with Crippen LogP contribution in [-0.2, 0) is 30.9 Å². The molecule has 193 valence electrons. The average Bonchev–Trinajstić information content (AvgIpc) is 2.93. The third-order valence-corrected chi connectivity index (χ3v) is 7.69. The molecule has 0 aliphatic heterocycles. The van der Waals surface area contributed by atoms with Crippen LogP contribution in [0.3, 0.4) is 0 Å². The fourth-order valence-electron chi connectivity index (χ4n) is 4.90. The van der Waals surface area contributed by atoms with E-state index in [4.69, 9.17) is 4.98 Å². The van der Waals surface area contributed by atoms with Crippen molar-refractivity contribution in [1.29, 1.82) is 0 Å². The fraction of sp³-hybridized carbons (Fsp3) is 0.206. The second-order valence-corrected chi connectivity index (χ2v) is 10.5. The van der Waals surface area contributed by atoms with Crippen LogP contribution < -0.4 is 0 Å². The molecule has 0 amide bonds. The molecule has 0 saturated heterocycles. The van der Waals surface area contributed by atoms with Gasteiger partial charge in [0.15, 0.2) is 0 Å². The van der Waals surface area contributed by atoms with Gasteiger partial charge in [-0.3, -0.25) is 4.98 Å². The van der Waals surface area contributed by atoms with Gasteiger partial charge >= 0.3 is 0 Å². The predicted octanol–water partition coefficient (Wildman–Crippen LogP) is 8.03. The van der Waals surface area contributed by atoms with Gasteiger partial charge in [0.2, 0.25) is 0 Å². The van der Waals surface area contributed by atoms with E-state index in [-0.39, 0.29) is 30.9 Å². The molecule has 0 unspecified atom stereocenters. The zero-order valence-electron chi connectivity index (χ0n) is 22.4. The Bertz CT molecular complexity index is 1530. The molecule has 0 bridgehead atoms. The van der Waals surface area contributed by atoms with Gasteiger partial charge in [0, 0.05) is 43.6 Å². The first-order valence-electron chi connectivity index (χ1n) is 12.6. The maximum atomic E-state index is 4.74. The summed E-state index contributed by atoms with van der Waals surface area (Å²) in [5.74, 6) is 0. The van der Waals surface area contributed by atoms with Crippen molar-refractivity contribution in [3.8, 4) is 33.6 Å². The smallest absolute Gasteiger partial charge is 0.0522 e. The molecule has 4 heteroatoms. The molecule has 38 heavy (non-hydrogen) atoms. The summed E-state index contributed by atoms with van der Waals surface area (Å²) in [4.78, 5) is 13.6. The van der Waals surface area contributed by atoms with Gasteiger partial charge in [0.05, 0.1) is 5.69 Å². The van der Waals surface area contributed by atoms with Gasteiger partial charge in [-0.25, -0.2) is 0 Å². The summed E-state index contributed by atoms with van der Waals surface area (Å²) in [6.07, 6.45) is 3.72. The topological polar surface area (TPSA) is 38.7 Å². The van der Waals surface area contributed by atoms with Gasteiger partial charge in [-0.05, 0) is 47.5 Å². The van der Waals surface area contributed by atoms with Crippen molar-refractivity contribution in [2.45, 2.75) is 45.4 Å². The Kier molecular flexibility index (Phi) is 8.06. The second kappa shape index (κ2) is 11.1. The van der Waals surface area contributed by atoms with E-state index in [1.54, 1.807) is 0 Å². The zero-order valence-corrected chi connectivity index (χ0v) is 24.8. The number of pyridine rings is 3. The minimum atomic E-state index is -0.0447. The van der Waals surface area contributed by atoms with Gasteiger partial charge in [-0.1, -0.05) is 63.6 Å². The van der Waals surface area contributed by atoms with E-state index >= 15 is 0 Å². The van der Waals surface area contributed by atoms with Gasteiger partial charge < -0.3 is 9.97 Å². The van der Waals surface area contributed by atoms with Gasteiger partial charge in [0.25, 0.3) is 0 Å². The van der Waals surface area contributed by atoms with Crippen molar-refractivity contribution in [3.63, 3.8) is 0 Å². The molecule has 0 atom stereocenters. The second-order valence-electron chi connectivity index (χ2n) is 10.5. The van der Waals surface area contributed by atoms with Crippen LogP contribution in [0.4, 0.5) is 0 Å². The third kappa shape index (κ3) is 5.12. The average molecular weight is 674 g/mol. The largest absolute Gasteiger partial charge is 0.305 e. The van der Waals surface area contributed by atoms with Crippen molar-refractivity contribution in [1.82, 2.24) is 15.0 Å². The molecule has 0 N–H and O–H groups in total. The minimum absolute atomic E-state index is 0. The molecular formula is C34H31IrN3-2. The van der Waals surface area contributed by atoms with Gasteiger partial charge in [-0.15, -0.1) is 65.2 Å². The standard InChI is InChI=1S/C22H21N2.C12H10N.Ir/c1-21(2)18-11-10-15(19-9-5-6-12-23-19)14-17(18)16-8-7-13-24-20(16)22(21,3)4;1-10-6-5-9-12(13-10)11-7-3-2-4-8-11;/h5-9,11-14H,1-4H3;2-7,9H,1H3;/q2*-1;. The Morgan fingerprint density at radius 2 is 1.42 bits per heavy atom. The van der Waals surface area contributed by atoms with Crippen molar-refractivity contribution in [2.75, 3.05) is 0 Å². The Labute approximate surface area is 239 Å². The predicted molar refractivity (Wildman–Crippen MR) is 151 cm³/mol. The maximum absolute atomic E-state index is 4.74. The molecule has 1 radical (unpaired) electrons. The van der Waals surface area contributed by atoms with Crippen molar-refractivity contribution in [2.24, 2.45) is 0 Å². The Morgan fingerprint density at radius 1 is 0.658 bits per heavy atom. The number of aromatic nitrogens is 3. The minimum Gasteiger partial charge on any atom is -0.305 e. The SMILES string of the molecule is CC1(C)c2c[c-]c(-c3ccccn3)cc2-c2cccnc2C1(C)C.Cc1cccc(-c2[c-]cccc2)n1.[Ir]. The normalized spacial score (nSPS) is 14.1. The summed E-state index contributed by atoms with van der Waals surface area (Å²) < 4.78 is 0. The van der Waals surface area contributed by atoms with Crippen LogP contribution in [0.2, 0.25) is 0 Å². The number of benzene rings is 2. The van der Waals surface area contributed by atoms with Crippen molar-refractivity contribution >= 4 is 0 Å². The molecule has 0 fully saturated rings. The first-order valence-corrected chi connectivity index (χ1v) is 12.6. The van der Waals surface area contributed by atoms with Crippen LogP contribution in [0.25, 0.3) is 33.6 Å². The number of nitrogens with zero attached hydrogens (tertiary/aromatic N) is 3. The van der Waals surface area contributed by atoms with Crippen LogP contribution >= 0.6 is 0 Å². The van der Waals surface area contributed by atoms with E-state index in [0.29, 0.717) is 0 Å². The first kappa shape index (κ1) is 27.6. The molecule has 0 spiro atoms. The van der Waals surface area contributed by atoms with Gasteiger partial charge in [-0.2, -0.15) is 0 Å². The van der Waals surface area contributed by atoms with Gasteiger partial charge in [0.1, 0.15) is 0 Å². The van der Waals surface area contributed by atoms with Crippen molar-refractivity contribution in [3.05, 3.63) is 126 Å². The van der Waals surface area contributed by atoms with E-state index in [9.17, 15) is 0 Å². The van der Waals surface area contributed by atoms with Crippen LogP contribution in [0, 0.1) is 19.1 Å². The number of fused-ring (bicyclic) bond motifs is 3. The van der Waals surface area contributed by atoms with E-state index in [0.717, 1.165) is 28.2 Å². The number of aryl methyl sites for hydroxylation is 1. The zero-order chi connectivity index (χ0) is 26.0. The summed E-state index contributed by atoms with van der Waals surface area (Å²) in [6.45, 7) is 11.2. The Balaban J connectivity index is 0.000000204. The molecule has 1 aliphatic rings. The first-order chi connectivity index (χ1) is 17.8. The Hall–Kier alpha value is -3.46. The van der Waals surface area contributed by atoms with Crippen LogP contribution in [-0.4, -0.2) is 15.0 Å². The monoisotopic (exact) mass is 674 g/mol.